The van der Waals surface area contributed by atoms with Crippen LogP contribution < -0.4 is 5.73 Å². The van der Waals surface area contributed by atoms with Crippen LogP contribution in [0.3, 0.4) is 0 Å². The van der Waals surface area contributed by atoms with Crippen LogP contribution in [-0.4, -0.2) is 22.0 Å². The quantitative estimate of drug-likeness (QED) is 0.377. The summed E-state index contributed by atoms with van der Waals surface area (Å²) in [6, 6.07) is -0.0577. The maximum absolute atomic E-state index is 10.7. The maximum Gasteiger partial charge on any atom is 0.325 e. The highest BCUT2D eigenvalue weighted by molar-refractivity contribution is 7.51. The molecule has 0 aliphatic carbocycles. The van der Waals surface area contributed by atoms with E-state index in [4.69, 9.17) is 15.5 Å². The molecular weight excluding hydrogens is 249 g/mol. The van der Waals surface area contributed by atoms with Crippen molar-refractivity contribution < 1.29 is 14.4 Å². The van der Waals surface area contributed by atoms with Crippen LogP contribution in [0.1, 0.15) is 71.1 Å². The van der Waals surface area contributed by atoms with Crippen molar-refractivity contribution in [1.29, 1.82) is 0 Å². The smallest absolute Gasteiger partial charge is 0.325 e. The minimum atomic E-state index is -3.86. The highest BCUT2D eigenvalue weighted by Gasteiger charge is 2.14. The Morgan fingerprint density at radius 1 is 0.944 bits per heavy atom. The summed E-state index contributed by atoms with van der Waals surface area (Å²) in [6.07, 6.45) is 11.4. The predicted molar refractivity (Wildman–Crippen MR) is 76.7 cm³/mol. The second-order valence-corrected chi connectivity index (χ2v) is 6.98. The molecule has 0 bridgehead atoms. The first-order valence-electron chi connectivity index (χ1n) is 7.26. The van der Waals surface area contributed by atoms with E-state index < -0.39 is 7.60 Å². The Morgan fingerprint density at radius 2 is 1.44 bits per heavy atom. The molecular formula is C13H30NO3P. The number of hydrogen-bond donors (Lipinski definition) is 3. The molecule has 0 heterocycles. The molecule has 0 aromatic carbocycles. The van der Waals surface area contributed by atoms with Crippen LogP contribution in [0.2, 0.25) is 0 Å². The number of unbranched alkanes of at least 4 members (excludes halogenated alkanes) is 7. The first kappa shape index (κ1) is 18.1. The number of nitrogens with two attached hydrogens (primary N) is 1. The zero-order chi connectivity index (χ0) is 13.9. The van der Waals surface area contributed by atoms with Crippen molar-refractivity contribution in [2.75, 3.05) is 6.16 Å². The Labute approximate surface area is 112 Å². The molecule has 110 valence electrons. The number of rotatable bonds is 12. The summed E-state index contributed by atoms with van der Waals surface area (Å²) in [5, 5.41) is 0. The van der Waals surface area contributed by atoms with Crippen molar-refractivity contribution in [3.05, 3.63) is 0 Å². The van der Waals surface area contributed by atoms with Gasteiger partial charge in [0.15, 0.2) is 0 Å². The van der Waals surface area contributed by atoms with Gasteiger partial charge in [-0.3, -0.25) is 4.57 Å². The molecule has 0 fully saturated rings. The van der Waals surface area contributed by atoms with Crippen LogP contribution in [0.15, 0.2) is 0 Å². The van der Waals surface area contributed by atoms with Gasteiger partial charge < -0.3 is 15.5 Å². The molecule has 0 aliphatic rings. The Kier molecular flexibility index (Phi) is 11.0. The largest absolute Gasteiger partial charge is 0.328 e. The summed E-state index contributed by atoms with van der Waals surface area (Å²) in [5.74, 6) is 0. The fourth-order valence-corrected chi connectivity index (χ4v) is 2.69. The molecule has 1 atom stereocenters. The van der Waals surface area contributed by atoms with E-state index in [1.54, 1.807) is 0 Å². The van der Waals surface area contributed by atoms with E-state index in [2.05, 4.69) is 6.92 Å². The van der Waals surface area contributed by atoms with Crippen LogP contribution in [0.25, 0.3) is 0 Å². The Morgan fingerprint density at radius 3 is 1.94 bits per heavy atom. The van der Waals surface area contributed by atoms with Gasteiger partial charge in [0.25, 0.3) is 0 Å². The van der Waals surface area contributed by atoms with Crippen molar-refractivity contribution in [3.63, 3.8) is 0 Å². The van der Waals surface area contributed by atoms with Gasteiger partial charge in [-0.1, -0.05) is 58.3 Å². The highest BCUT2D eigenvalue weighted by atomic mass is 31.2. The van der Waals surface area contributed by atoms with Crippen LogP contribution >= 0.6 is 7.60 Å². The molecule has 0 rings (SSSR count). The van der Waals surface area contributed by atoms with Gasteiger partial charge >= 0.3 is 7.60 Å². The van der Waals surface area contributed by atoms with Crippen LogP contribution in [0.5, 0.6) is 0 Å². The van der Waals surface area contributed by atoms with E-state index in [0.29, 0.717) is 6.42 Å². The van der Waals surface area contributed by atoms with E-state index in [1.807, 2.05) is 0 Å². The summed E-state index contributed by atoms with van der Waals surface area (Å²) in [4.78, 5) is 17.5. The normalized spacial score (nSPS) is 13.8. The fraction of sp³-hybridized carbons (Fsp3) is 1.00. The van der Waals surface area contributed by atoms with Crippen molar-refractivity contribution in [3.8, 4) is 0 Å². The minimum absolute atomic E-state index is 0.0577. The monoisotopic (exact) mass is 279 g/mol. The first-order valence-corrected chi connectivity index (χ1v) is 9.05. The van der Waals surface area contributed by atoms with E-state index in [0.717, 1.165) is 12.8 Å². The van der Waals surface area contributed by atoms with E-state index in [1.165, 1.54) is 44.9 Å². The lowest BCUT2D eigenvalue weighted by Gasteiger charge is -2.11. The predicted octanol–water partition coefficient (Wildman–Crippen LogP) is 3.41. The summed E-state index contributed by atoms with van der Waals surface area (Å²) in [6.45, 7) is 2.22. The molecule has 18 heavy (non-hydrogen) atoms. The lowest BCUT2D eigenvalue weighted by molar-refractivity contribution is 0.368. The molecule has 0 spiro atoms. The van der Waals surface area contributed by atoms with Gasteiger partial charge in [-0.2, -0.15) is 0 Å². The molecule has 0 aromatic rings. The third kappa shape index (κ3) is 14.2. The molecule has 0 amide bonds. The molecule has 0 aromatic heterocycles. The average Bonchev–Trinajstić information content (AvgIpc) is 2.29. The summed E-state index contributed by atoms with van der Waals surface area (Å²) < 4.78 is 10.7. The van der Waals surface area contributed by atoms with Gasteiger partial charge in [0.1, 0.15) is 0 Å². The molecule has 0 saturated carbocycles. The topological polar surface area (TPSA) is 83.6 Å². The van der Waals surface area contributed by atoms with Gasteiger partial charge in [0.05, 0.1) is 6.16 Å². The zero-order valence-electron chi connectivity index (χ0n) is 11.7. The Bertz CT molecular complexity index is 230. The average molecular weight is 279 g/mol. The van der Waals surface area contributed by atoms with Crippen molar-refractivity contribution >= 4 is 7.60 Å². The van der Waals surface area contributed by atoms with Crippen LogP contribution in [-0.2, 0) is 4.57 Å². The van der Waals surface area contributed by atoms with Crippen molar-refractivity contribution in [2.45, 2.75) is 77.2 Å². The van der Waals surface area contributed by atoms with Gasteiger partial charge in [0.2, 0.25) is 0 Å². The highest BCUT2D eigenvalue weighted by Crippen LogP contribution is 2.35. The lowest BCUT2D eigenvalue weighted by atomic mass is 10.0. The van der Waals surface area contributed by atoms with E-state index >= 15 is 0 Å². The van der Waals surface area contributed by atoms with Crippen molar-refractivity contribution in [1.82, 2.24) is 0 Å². The lowest BCUT2D eigenvalue weighted by Crippen LogP contribution is -2.21. The van der Waals surface area contributed by atoms with E-state index in [-0.39, 0.29) is 12.2 Å². The molecule has 0 radical (unpaired) electrons. The SMILES string of the molecule is CCCCCCCCCCC(N)CCP(=O)(O)O. The second-order valence-electron chi connectivity index (χ2n) is 5.20. The molecule has 5 heteroatoms. The molecule has 4 nitrogen and oxygen atoms in total. The third-order valence-electron chi connectivity index (χ3n) is 3.22. The minimum Gasteiger partial charge on any atom is -0.328 e. The molecule has 4 N–H and O–H groups in total. The molecule has 0 aliphatic heterocycles. The summed E-state index contributed by atoms with van der Waals surface area (Å²) in [5.41, 5.74) is 5.82. The third-order valence-corrected chi connectivity index (χ3v) is 4.06. The van der Waals surface area contributed by atoms with Crippen LogP contribution in [0, 0.1) is 0 Å². The maximum atomic E-state index is 10.7. The van der Waals surface area contributed by atoms with Gasteiger partial charge in [-0.25, -0.2) is 0 Å². The Hall–Kier alpha value is 0.110. The molecule has 1 unspecified atom stereocenters. The zero-order valence-corrected chi connectivity index (χ0v) is 12.6. The van der Waals surface area contributed by atoms with Gasteiger partial charge in [-0.15, -0.1) is 0 Å². The number of hydrogen-bond acceptors (Lipinski definition) is 2. The fourth-order valence-electron chi connectivity index (χ4n) is 2.02. The standard InChI is InChI=1S/C13H30NO3P/c1-2-3-4-5-6-7-8-9-10-13(14)11-12-18(15,16)17/h13H,2-12,14H2,1H3,(H2,15,16,17). The van der Waals surface area contributed by atoms with Gasteiger partial charge in [0, 0.05) is 6.04 Å². The van der Waals surface area contributed by atoms with Crippen molar-refractivity contribution in [2.24, 2.45) is 5.73 Å². The summed E-state index contributed by atoms with van der Waals surface area (Å²) in [7, 11) is -3.86. The van der Waals surface area contributed by atoms with E-state index in [9.17, 15) is 4.57 Å². The Balaban J connectivity index is 3.25. The second kappa shape index (κ2) is 11.0. The van der Waals surface area contributed by atoms with Crippen LogP contribution in [0.4, 0.5) is 0 Å². The first-order chi connectivity index (χ1) is 8.45. The molecule has 0 saturated heterocycles. The summed E-state index contributed by atoms with van der Waals surface area (Å²) >= 11 is 0. The van der Waals surface area contributed by atoms with Gasteiger partial charge in [-0.05, 0) is 12.8 Å².